The zero-order valence-corrected chi connectivity index (χ0v) is 12.6. The van der Waals surface area contributed by atoms with Crippen molar-refractivity contribution in [2.45, 2.75) is 13.5 Å². The van der Waals surface area contributed by atoms with Gasteiger partial charge in [0.1, 0.15) is 12.4 Å². The molecule has 0 saturated heterocycles. The Morgan fingerprint density at radius 3 is 2.71 bits per heavy atom. The van der Waals surface area contributed by atoms with Gasteiger partial charge in [-0.05, 0) is 36.8 Å². The molecule has 2 rings (SSSR count). The molecule has 0 amide bonds. The van der Waals surface area contributed by atoms with Crippen molar-refractivity contribution in [3.63, 3.8) is 0 Å². The first kappa shape index (κ1) is 15.5. The van der Waals surface area contributed by atoms with Gasteiger partial charge in [0, 0.05) is 5.02 Å². The van der Waals surface area contributed by atoms with Crippen LogP contribution in [0.15, 0.2) is 48.5 Å². The second kappa shape index (κ2) is 7.81. The number of para-hydroxylation sites is 1. The fourth-order valence-electron chi connectivity index (χ4n) is 1.94. The highest BCUT2D eigenvalue weighted by molar-refractivity contribution is 6.30. The summed E-state index contributed by atoms with van der Waals surface area (Å²) in [7, 11) is 0. The number of Topliss-reactive ketones (excluding diaryl/α,β-unsaturated/α-hetero) is 1. The quantitative estimate of drug-likeness (QED) is 0.721. The van der Waals surface area contributed by atoms with E-state index in [4.69, 9.17) is 21.1 Å². The van der Waals surface area contributed by atoms with Crippen molar-refractivity contribution in [1.29, 1.82) is 0 Å². The van der Waals surface area contributed by atoms with E-state index >= 15 is 0 Å². The van der Waals surface area contributed by atoms with Gasteiger partial charge in [-0.3, -0.25) is 4.79 Å². The minimum Gasteiger partial charge on any atom is -0.493 e. The molecular weight excluding hydrogens is 288 g/mol. The monoisotopic (exact) mass is 304 g/mol. The maximum absolute atomic E-state index is 12.2. The summed E-state index contributed by atoms with van der Waals surface area (Å²) in [5.74, 6) is 0.498. The number of carbonyl (C=O) groups excluding carboxylic acids is 1. The molecule has 0 N–H and O–H groups in total. The molecule has 21 heavy (non-hydrogen) atoms. The summed E-state index contributed by atoms with van der Waals surface area (Å²) in [5.41, 5.74) is 1.49. The van der Waals surface area contributed by atoms with Crippen LogP contribution in [0.4, 0.5) is 0 Å². The molecule has 3 nitrogen and oxygen atoms in total. The van der Waals surface area contributed by atoms with Crippen LogP contribution in [0, 0.1) is 0 Å². The van der Waals surface area contributed by atoms with E-state index in [2.05, 4.69) is 0 Å². The maximum atomic E-state index is 12.2. The average Bonchev–Trinajstić information content (AvgIpc) is 2.48. The van der Waals surface area contributed by atoms with Crippen molar-refractivity contribution in [1.82, 2.24) is 0 Å². The van der Waals surface area contributed by atoms with Crippen LogP contribution in [0.25, 0.3) is 0 Å². The van der Waals surface area contributed by atoms with E-state index < -0.39 is 0 Å². The van der Waals surface area contributed by atoms with Crippen LogP contribution in [-0.2, 0) is 11.3 Å². The van der Waals surface area contributed by atoms with Crippen molar-refractivity contribution >= 4 is 17.4 Å². The smallest absolute Gasteiger partial charge is 0.192 e. The Hall–Kier alpha value is -1.84. The molecule has 0 aliphatic carbocycles. The molecule has 110 valence electrons. The van der Waals surface area contributed by atoms with E-state index in [0.29, 0.717) is 29.5 Å². The van der Waals surface area contributed by atoms with Crippen LogP contribution in [0.2, 0.25) is 5.02 Å². The molecule has 0 unspecified atom stereocenters. The van der Waals surface area contributed by atoms with Gasteiger partial charge in [0.2, 0.25) is 0 Å². The number of carbonyl (C=O) groups is 1. The molecular formula is C17H17ClO3. The molecule has 2 aromatic rings. The van der Waals surface area contributed by atoms with Gasteiger partial charge < -0.3 is 9.47 Å². The highest BCUT2D eigenvalue weighted by Crippen LogP contribution is 2.19. The molecule has 2 aromatic carbocycles. The van der Waals surface area contributed by atoms with Crippen LogP contribution in [0.3, 0.4) is 0 Å². The Balaban J connectivity index is 1.93. The van der Waals surface area contributed by atoms with E-state index in [1.165, 1.54) is 0 Å². The van der Waals surface area contributed by atoms with Gasteiger partial charge in [0.25, 0.3) is 0 Å². The molecule has 4 heteroatoms. The maximum Gasteiger partial charge on any atom is 0.192 e. The Morgan fingerprint density at radius 2 is 1.95 bits per heavy atom. The lowest BCUT2D eigenvalue weighted by Crippen LogP contribution is -2.11. The molecule has 0 saturated carbocycles. The second-order valence-electron chi connectivity index (χ2n) is 4.48. The summed E-state index contributed by atoms with van der Waals surface area (Å²) >= 11 is 5.90. The van der Waals surface area contributed by atoms with Gasteiger partial charge in [0.05, 0.1) is 18.8 Å². The third-order valence-corrected chi connectivity index (χ3v) is 3.11. The van der Waals surface area contributed by atoms with Crippen molar-refractivity contribution in [2.75, 3.05) is 13.2 Å². The van der Waals surface area contributed by atoms with E-state index in [0.717, 1.165) is 5.56 Å². The number of benzene rings is 2. The van der Waals surface area contributed by atoms with Crippen molar-refractivity contribution in [2.24, 2.45) is 0 Å². The SMILES string of the molecule is CCOc1ccccc1C(=O)COCc1cccc(Cl)c1. The summed E-state index contributed by atoms with van der Waals surface area (Å²) in [6.45, 7) is 2.77. The fraction of sp³-hybridized carbons (Fsp3) is 0.235. The molecule has 0 bridgehead atoms. The Morgan fingerprint density at radius 1 is 1.14 bits per heavy atom. The Kier molecular flexibility index (Phi) is 5.78. The van der Waals surface area contributed by atoms with Gasteiger partial charge >= 0.3 is 0 Å². The third-order valence-electron chi connectivity index (χ3n) is 2.88. The number of ketones is 1. The standard InChI is InChI=1S/C17H17ClO3/c1-2-21-17-9-4-3-8-15(17)16(19)12-20-11-13-6-5-7-14(18)10-13/h3-10H,2,11-12H2,1H3. The number of hydrogen-bond acceptors (Lipinski definition) is 3. The lowest BCUT2D eigenvalue weighted by molar-refractivity contribution is 0.0723. The highest BCUT2D eigenvalue weighted by atomic mass is 35.5. The van der Waals surface area contributed by atoms with Crippen molar-refractivity contribution in [3.8, 4) is 5.75 Å². The summed E-state index contributed by atoms with van der Waals surface area (Å²) in [5, 5.41) is 0.657. The van der Waals surface area contributed by atoms with E-state index in [-0.39, 0.29) is 12.4 Å². The highest BCUT2D eigenvalue weighted by Gasteiger charge is 2.12. The molecule has 0 atom stereocenters. The van der Waals surface area contributed by atoms with Crippen LogP contribution in [-0.4, -0.2) is 19.0 Å². The second-order valence-corrected chi connectivity index (χ2v) is 4.91. The van der Waals surface area contributed by atoms with Crippen LogP contribution in [0.1, 0.15) is 22.8 Å². The Labute approximate surface area is 129 Å². The van der Waals surface area contributed by atoms with Gasteiger partial charge in [-0.2, -0.15) is 0 Å². The third kappa shape index (κ3) is 4.59. The molecule has 0 aliphatic rings. The molecule has 0 heterocycles. The lowest BCUT2D eigenvalue weighted by atomic mass is 10.1. The number of ether oxygens (including phenoxy) is 2. The Bertz CT molecular complexity index is 610. The zero-order chi connectivity index (χ0) is 15.1. The number of hydrogen-bond donors (Lipinski definition) is 0. The summed E-state index contributed by atoms with van der Waals surface area (Å²) in [6.07, 6.45) is 0. The van der Waals surface area contributed by atoms with Gasteiger partial charge in [-0.25, -0.2) is 0 Å². The first-order valence-corrected chi connectivity index (χ1v) is 7.15. The van der Waals surface area contributed by atoms with Gasteiger partial charge in [-0.15, -0.1) is 0 Å². The van der Waals surface area contributed by atoms with Gasteiger partial charge in [-0.1, -0.05) is 35.9 Å². The average molecular weight is 305 g/mol. The first-order valence-electron chi connectivity index (χ1n) is 6.78. The molecule has 0 aliphatic heterocycles. The van der Waals surface area contributed by atoms with E-state index in [9.17, 15) is 4.79 Å². The summed E-state index contributed by atoms with van der Waals surface area (Å²) in [6, 6.07) is 14.6. The molecule has 0 radical (unpaired) electrons. The summed E-state index contributed by atoms with van der Waals surface area (Å²) < 4.78 is 10.9. The lowest BCUT2D eigenvalue weighted by Gasteiger charge is -2.09. The van der Waals surface area contributed by atoms with Gasteiger partial charge in [0.15, 0.2) is 5.78 Å². The predicted molar refractivity (Wildman–Crippen MR) is 83.0 cm³/mol. The normalized spacial score (nSPS) is 10.4. The van der Waals surface area contributed by atoms with Crippen LogP contribution in [0.5, 0.6) is 5.75 Å². The number of rotatable bonds is 7. The minimum absolute atomic E-state index is 0.0105. The van der Waals surface area contributed by atoms with Crippen LogP contribution >= 0.6 is 11.6 Å². The van der Waals surface area contributed by atoms with Crippen molar-refractivity contribution < 1.29 is 14.3 Å². The van der Waals surface area contributed by atoms with E-state index in [1.807, 2.05) is 37.3 Å². The first-order chi connectivity index (χ1) is 10.2. The molecule has 0 fully saturated rings. The van der Waals surface area contributed by atoms with E-state index in [1.54, 1.807) is 18.2 Å². The van der Waals surface area contributed by atoms with Crippen LogP contribution < -0.4 is 4.74 Å². The molecule has 0 spiro atoms. The zero-order valence-electron chi connectivity index (χ0n) is 11.8. The number of halogens is 1. The minimum atomic E-state index is -0.0962. The predicted octanol–water partition coefficient (Wildman–Crippen LogP) is 4.14. The molecule has 0 aromatic heterocycles. The topological polar surface area (TPSA) is 35.5 Å². The summed E-state index contributed by atoms with van der Waals surface area (Å²) in [4.78, 5) is 12.2. The van der Waals surface area contributed by atoms with Crippen molar-refractivity contribution in [3.05, 3.63) is 64.7 Å². The largest absolute Gasteiger partial charge is 0.493 e. The fourth-order valence-corrected chi connectivity index (χ4v) is 2.16.